The second-order valence-electron chi connectivity index (χ2n) is 6.45. The molecule has 0 aromatic carbocycles. The number of carbonyl (C=O) groups is 1. The molecule has 0 atom stereocenters. The number of carbonyl (C=O) groups excluding carboxylic acids is 1. The van der Waals surface area contributed by atoms with Crippen molar-refractivity contribution in [3.63, 3.8) is 0 Å². The quantitative estimate of drug-likeness (QED) is 0.180. The van der Waals surface area contributed by atoms with Crippen molar-refractivity contribution in [3.8, 4) is 0 Å². The molecule has 0 aliphatic carbocycles. The number of nitrogens with zero attached hydrogens (tertiary/aromatic N) is 2. The highest BCUT2D eigenvalue weighted by molar-refractivity contribution is 14.0. The zero-order valence-corrected chi connectivity index (χ0v) is 18.9. The third kappa shape index (κ3) is 11.9. The first-order valence-corrected chi connectivity index (χ1v) is 9.12. The third-order valence-electron chi connectivity index (χ3n) is 4.06. The molecule has 0 aromatic rings. The molecular formula is C17H36IN5O3. The summed E-state index contributed by atoms with van der Waals surface area (Å²) in [7, 11) is 3.33. The van der Waals surface area contributed by atoms with Gasteiger partial charge in [-0.05, 0) is 26.7 Å². The van der Waals surface area contributed by atoms with Crippen LogP contribution in [0.2, 0.25) is 0 Å². The van der Waals surface area contributed by atoms with E-state index >= 15 is 0 Å². The summed E-state index contributed by atoms with van der Waals surface area (Å²) in [5, 5.41) is 9.23. The van der Waals surface area contributed by atoms with E-state index in [1.54, 1.807) is 14.2 Å². The minimum atomic E-state index is -0.0695. The predicted octanol–water partition coefficient (Wildman–Crippen LogP) is 0.421. The molecule has 1 fully saturated rings. The van der Waals surface area contributed by atoms with Crippen molar-refractivity contribution in [2.24, 2.45) is 4.99 Å². The highest BCUT2D eigenvalue weighted by Gasteiger charge is 2.19. The lowest BCUT2D eigenvalue weighted by molar-refractivity contribution is -0.120. The molecule has 1 saturated heterocycles. The normalized spacial score (nSPS) is 16.3. The molecule has 1 heterocycles. The van der Waals surface area contributed by atoms with Gasteiger partial charge in [-0.2, -0.15) is 0 Å². The number of ether oxygens (including phenoxy) is 2. The van der Waals surface area contributed by atoms with Gasteiger partial charge < -0.3 is 30.3 Å². The molecule has 0 radical (unpaired) electrons. The Morgan fingerprint density at radius 2 is 1.92 bits per heavy atom. The number of halogens is 1. The Bertz CT molecular complexity index is 402. The van der Waals surface area contributed by atoms with Crippen LogP contribution in [0.15, 0.2) is 4.99 Å². The Labute approximate surface area is 174 Å². The number of nitrogens with one attached hydrogen (secondary N) is 3. The van der Waals surface area contributed by atoms with Gasteiger partial charge in [-0.25, -0.2) is 0 Å². The van der Waals surface area contributed by atoms with Gasteiger partial charge in [-0.15, -0.1) is 24.0 Å². The van der Waals surface area contributed by atoms with E-state index in [2.05, 4.69) is 39.7 Å². The Hall–Kier alpha value is -0.650. The van der Waals surface area contributed by atoms with Crippen molar-refractivity contribution in [1.29, 1.82) is 0 Å². The molecule has 0 aromatic heterocycles. The van der Waals surface area contributed by atoms with Gasteiger partial charge in [-0.3, -0.25) is 9.79 Å². The van der Waals surface area contributed by atoms with Crippen LogP contribution in [0.4, 0.5) is 0 Å². The van der Waals surface area contributed by atoms with E-state index in [-0.39, 0.29) is 36.4 Å². The van der Waals surface area contributed by atoms with E-state index in [1.807, 2.05) is 0 Å². The van der Waals surface area contributed by atoms with Gasteiger partial charge in [0.2, 0.25) is 5.91 Å². The number of methoxy groups -OCH3 is 1. The van der Waals surface area contributed by atoms with Gasteiger partial charge in [0.05, 0.1) is 25.9 Å². The Morgan fingerprint density at radius 1 is 1.23 bits per heavy atom. The Kier molecular flexibility index (Phi) is 15.0. The Balaban J connectivity index is 0.00000625. The number of likely N-dealkylation sites (tertiary alicyclic amines) is 1. The summed E-state index contributed by atoms with van der Waals surface area (Å²) in [6, 6.07) is 0.380. The maximum Gasteiger partial charge on any atom is 0.239 e. The molecule has 0 saturated carbocycles. The zero-order chi connectivity index (χ0) is 18.5. The molecule has 0 bridgehead atoms. The summed E-state index contributed by atoms with van der Waals surface area (Å²) in [6.45, 7) is 9.23. The van der Waals surface area contributed by atoms with E-state index in [4.69, 9.17) is 9.47 Å². The van der Waals surface area contributed by atoms with Crippen molar-refractivity contribution in [1.82, 2.24) is 20.9 Å². The number of piperidine rings is 1. The number of hydrogen-bond acceptors (Lipinski definition) is 5. The lowest BCUT2D eigenvalue weighted by Crippen LogP contribution is -2.50. The minimum absolute atomic E-state index is 0. The fourth-order valence-electron chi connectivity index (χ4n) is 2.63. The van der Waals surface area contributed by atoms with Crippen molar-refractivity contribution >= 4 is 35.8 Å². The van der Waals surface area contributed by atoms with Crippen LogP contribution in [0.1, 0.15) is 26.7 Å². The van der Waals surface area contributed by atoms with Crippen LogP contribution >= 0.6 is 24.0 Å². The molecule has 0 spiro atoms. The molecule has 1 aliphatic rings. The van der Waals surface area contributed by atoms with E-state index < -0.39 is 0 Å². The standard InChI is InChI=1S/C17H35N5O3.HI/c1-14(2)25-12-10-22-8-5-15(6-9-22)21-17(18-3)20-13-16(23)19-7-11-24-4;/h14-15H,5-13H2,1-4H3,(H,19,23)(H2,18,20,21);1H. The average molecular weight is 485 g/mol. The van der Waals surface area contributed by atoms with Gasteiger partial charge in [0.1, 0.15) is 0 Å². The maximum atomic E-state index is 11.7. The van der Waals surface area contributed by atoms with Crippen LogP contribution in [0, 0.1) is 0 Å². The Morgan fingerprint density at radius 3 is 2.50 bits per heavy atom. The topological polar surface area (TPSA) is 87.2 Å². The molecule has 8 nitrogen and oxygen atoms in total. The average Bonchev–Trinajstić information content (AvgIpc) is 2.60. The van der Waals surface area contributed by atoms with Crippen molar-refractivity contribution in [2.75, 3.05) is 60.1 Å². The molecule has 1 aliphatic heterocycles. The lowest BCUT2D eigenvalue weighted by Gasteiger charge is -2.33. The van der Waals surface area contributed by atoms with Crippen molar-refractivity contribution < 1.29 is 14.3 Å². The molecule has 1 rings (SSSR count). The molecule has 154 valence electrons. The van der Waals surface area contributed by atoms with Crippen LogP contribution < -0.4 is 16.0 Å². The fraction of sp³-hybridized carbons (Fsp3) is 0.882. The van der Waals surface area contributed by atoms with Crippen LogP contribution in [-0.4, -0.2) is 89.0 Å². The van der Waals surface area contributed by atoms with E-state index in [9.17, 15) is 4.79 Å². The van der Waals surface area contributed by atoms with Gasteiger partial charge in [0.25, 0.3) is 0 Å². The smallest absolute Gasteiger partial charge is 0.239 e. The first-order valence-electron chi connectivity index (χ1n) is 9.12. The third-order valence-corrected chi connectivity index (χ3v) is 4.06. The molecule has 26 heavy (non-hydrogen) atoms. The molecule has 9 heteroatoms. The van der Waals surface area contributed by atoms with Crippen LogP contribution in [0.3, 0.4) is 0 Å². The minimum Gasteiger partial charge on any atom is -0.383 e. The number of guanidine groups is 1. The van der Waals surface area contributed by atoms with Gasteiger partial charge in [-0.1, -0.05) is 0 Å². The second kappa shape index (κ2) is 15.4. The summed E-state index contributed by atoms with van der Waals surface area (Å²) < 4.78 is 10.5. The van der Waals surface area contributed by atoms with Crippen LogP contribution in [0.5, 0.6) is 0 Å². The SMILES string of the molecule is CN=C(NCC(=O)NCCOC)NC1CCN(CCOC(C)C)CC1.I. The first-order chi connectivity index (χ1) is 12.0. The fourth-order valence-corrected chi connectivity index (χ4v) is 2.63. The van der Waals surface area contributed by atoms with Crippen LogP contribution in [0.25, 0.3) is 0 Å². The van der Waals surface area contributed by atoms with E-state index in [0.717, 1.165) is 39.1 Å². The van der Waals surface area contributed by atoms with E-state index in [0.29, 0.717) is 31.3 Å². The first kappa shape index (κ1) is 25.4. The second-order valence-corrected chi connectivity index (χ2v) is 6.45. The maximum absolute atomic E-state index is 11.7. The summed E-state index contributed by atoms with van der Waals surface area (Å²) in [6.07, 6.45) is 2.41. The number of aliphatic imine (C=N–C) groups is 1. The lowest BCUT2D eigenvalue weighted by atomic mass is 10.1. The monoisotopic (exact) mass is 485 g/mol. The highest BCUT2D eigenvalue weighted by atomic mass is 127. The molecular weight excluding hydrogens is 449 g/mol. The number of hydrogen-bond donors (Lipinski definition) is 3. The van der Waals surface area contributed by atoms with Crippen molar-refractivity contribution in [3.05, 3.63) is 0 Å². The molecule has 0 unspecified atom stereocenters. The summed E-state index contributed by atoms with van der Waals surface area (Å²) in [5.41, 5.74) is 0. The summed E-state index contributed by atoms with van der Waals surface area (Å²) >= 11 is 0. The number of rotatable bonds is 10. The zero-order valence-electron chi connectivity index (χ0n) is 16.5. The molecule has 3 N–H and O–H groups in total. The summed E-state index contributed by atoms with van der Waals surface area (Å²) in [5.74, 6) is 0.600. The van der Waals surface area contributed by atoms with Gasteiger partial charge >= 0.3 is 0 Å². The van der Waals surface area contributed by atoms with Gasteiger partial charge in [0, 0.05) is 46.4 Å². The van der Waals surface area contributed by atoms with Gasteiger partial charge in [0.15, 0.2) is 5.96 Å². The summed E-state index contributed by atoms with van der Waals surface area (Å²) in [4.78, 5) is 18.3. The molecule has 1 amide bonds. The highest BCUT2D eigenvalue weighted by Crippen LogP contribution is 2.10. The largest absolute Gasteiger partial charge is 0.383 e. The van der Waals surface area contributed by atoms with Crippen molar-refractivity contribution in [2.45, 2.75) is 38.8 Å². The van der Waals surface area contributed by atoms with Crippen LogP contribution in [-0.2, 0) is 14.3 Å². The predicted molar refractivity (Wildman–Crippen MR) is 115 cm³/mol. The number of amides is 1. The van der Waals surface area contributed by atoms with E-state index in [1.165, 1.54) is 0 Å².